The maximum Gasteiger partial charge on any atom is 3.00 e. The molecule has 4 heterocycles. The molecule has 10 rings (SSSR count). The molecule has 0 atom stereocenters. The van der Waals surface area contributed by atoms with Gasteiger partial charge in [-0.05, 0) is 92.4 Å². The van der Waals surface area contributed by atoms with Crippen molar-refractivity contribution in [3.8, 4) is 44.9 Å². The minimum Gasteiger partial charge on any atom is -0.305 e. The van der Waals surface area contributed by atoms with Crippen molar-refractivity contribution in [2.45, 2.75) is 25.7 Å². The molecule has 0 saturated carbocycles. The first-order valence-electron chi connectivity index (χ1n) is 20.1. The average molecular weight is 985 g/mol. The summed E-state index contributed by atoms with van der Waals surface area (Å²) >= 11 is 1.81. The van der Waals surface area contributed by atoms with E-state index in [1.165, 1.54) is 65.7 Å². The van der Waals surface area contributed by atoms with E-state index in [-0.39, 0.29) is 25.9 Å². The molecular weight excluding hydrogens is 946 g/mol. The predicted octanol–water partition coefficient (Wildman–Crippen LogP) is 13.7. The summed E-state index contributed by atoms with van der Waals surface area (Å²) in [5, 5.41) is 2.61. The molecule has 61 heavy (non-hydrogen) atoms. The van der Waals surface area contributed by atoms with Crippen LogP contribution in [0.4, 0.5) is 4.39 Å². The van der Waals surface area contributed by atoms with Crippen LogP contribution in [-0.2, 0) is 45.8 Å². The van der Waals surface area contributed by atoms with Gasteiger partial charge in [-0.15, -0.1) is 89.0 Å². The third-order valence-corrected chi connectivity index (χ3v) is 11.7. The van der Waals surface area contributed by atoms with Gasteiger partial charge in [0, 0.05) is 29.1 Å². The monoisotopic (exact) mass is 985 g/mol. The summed E-state index contributed by atoms with van der Waals surface area (Å²) in [5.41, 5.74) is 13.2. The topological polar surface area (TPSA) is 38.7 Å². The van der Waals surface area contributed by atoms with E-state index in [1.807, 2.05) is 78.5 Å². The third-order valence-electron chi connectivity index (χ3n) is 10.5. The fraction of sp³-hybridized carbons (Fsp3) is 0.0727. The second kappa shape index (κ2) is 19.8. The van der Waals surface area contributed by atoms with Crippen LogP contribution in [0, 0.1) is 24.0 Å². The molecule has 6 heteroatoms. The smallest absolute Gasteiger partial charge is 0.305 e. The summed E-state index contributed by atoms with van der Waals surface area (Å²) < 4.78 is 15.8. The molecule has 10 aromatic rings. The summed E-state index contributed by atoms with van der Waals surface area (Å²) in [4.78, 5) is 13.5. The third kappa shape index (κ3) is 10.1. The molecule has 0 spiro atoms. The van der Waals surface area contributed by atoms with Gasteiger partial charge in [0.15, 0.2) is 0 Å². The number of thiophene rings is 1. The van der Waals surface area contributed by atoms with Crippen molar-refractivity contribution >= 4 is 31.5 Å². The molecule has 0 N–H and O–H groups in total. The molecule has 0 bridgehead atoms. The average Bonchev–Trinajstić information content (AvgIpc) is 3.71. The van der Waals surface area contributed by atoms with Crippen LogP contribution in [-0.4, -0.2) is 15.0 Å². The van der Waals surface area contributed by atoms with Gasteiger partial charge in [0.05, 0.1) is 0 Å². The standard InChI is InChI=1S/C38H29FN2.C17H10NS.Ir/c39-36-20-18-34(19-21-36)38-22-15-29(27-41-38)10-12-31-24-30(25-35(26-31)32-6-2-1-3-7-32)11-9-28-13-16-33(17-14-28)37-8-4-5-23-40-37;1-2-10-16-12(6-1)13-7-5-8-14(17(13)19-16)15-9-3-4-11-18-15;/h1-8,13-16,18,20-27H,9-12H2;1-7,9-11H;/q-2;-1;+3. The number of rotatable bonds is 10. The SMILES string of the molecule is Fc1c[c-]c(-c2ccc(CCc3cc(CCc4c[c-]c(-c5ccccn5)cc4)cc(-c4ccccc4)c3)cn2)cc1.[Ir+3].[c-]1ccc2c(sc3ccccc32)c1-c1ccccn1. The molecule has 0 aliphatic carbocycles. The Kier molecular flexibility index (Phi) is 13.4. The van der Waals surface area contributed by atoms with E-state index in [1.54, 1.807) is 6.07 Å². The minimum atomic E-state index is -0.292. The molecule has 296 valence electrons. The Morgan fingerprint density at radius 3 is 1.79 bits per heavy atom. The Labute approximate surface area is 374 Å². The number of aryl methyl sites for hydroxylation is 4. The van der Waals surface area contributed by atoms with E-state index in [9.17, 15) is 4.39 Å². The van der Waals surface area contributed by atoms with Crippen molar-refractivity contribution in [3.05, 3.63) is 235 Å². The number of nitrogens with zero attached hydrogens (tertiary/aromatic N) is 3. The van der Waals surface area contributed by atoms with E-state index in [0.29, 0.717) is 0 Å². The van der Waals surface area contributed by atoms with Crippen LogP contribution < -0.4 is 0 Å². The normalized spacial score (nSPS) is 10.8. The van der Waals surface area contributed by atoms with Gasteiger partial charge in [0.2, 0.25) is 0 Å². The van der Waals surface area contributed by atoms with Crippen molar-refractivity contribution in [2.24, 2.45) is 0 Å². The predicted molar refractivity (Wildman–Crippen MR) is 245 cm³/mol. The number of pyridine rings is 3. The zero-order valence-corrected chi connectivity index (χ0v) is 36.4. The number of hydrogen-bond donors (Lipinski definition) is 0. The summed E-state index contributed by atoms with van der Waals surface area (Å²) in [7, 11) is 0. The molecule has 0 fully saturated rings. The van der Waals surface area contributed by atoms with Gasteiger partial charge in [0.25, 0.3) is 0 Å². The van der Waals surface area contributed by atoms with E-state index >= 15 is 0 Å². The fourth-order valence-electron chi connectivity index (χ4n) is 7.41. The van der Waals surface area contributed by atoms with Gasteiger partial charge >= 0.3 is 20.1 Å². The van der Waals surface area contributed by atoms with E-state index in [2.05, 4.69) is 136 Å². The van der Waals surface area contributed by atoms with Gasteiger partial charge in [-0.2, -0.15) is 11.3 Å². The van der Waals surface area contributed by atoms with Crippen LogP contribution in [0.3, 0.4) is 0 Å². The Hall–Kier alpha value is -6.43. The molecule has 4 aromatic heterocycles. The Balaban J connectivity index is 0.000000213. The number of aromatic nitrogens is 3. The molecule has 0 aliphatic heterocycles. The first-order chi connectivity index (χ1) is 29.6. The summed E-state index contributed by atoms with van der Waals surface area (Å²) in [5.74, 6) is -0.292. The summed E-state index contributed by atoms with van der Waals surface area (Å²) in [6.07, 6.45) is 9.27. The Morgan fingerprint density at radius 1 is 0.475 bits per heavy atom. The molecule has 0 aliphatic rings. The number of benzene rings is 6. The maximum absolute atomic E-state index is 13.2. The summed E-state index contributed by atoms with van der Waals surface area (Å²) in [6, 6.07) is 66.8. The first kappa shape index (κ1) is 41.3. The Bertz CT molecular complexity index is 2960. The quantitative estimate of drug-likeness (QED) is 0.128. The van der Waals surface area contributed by atoms with E-state index < -0.39 is 0 Å². The van der Waals surface area contributed by atoms with E-state index in [0.717, 1.165) is 59.5 Å². The van der Waals surface area contributed by atoms with Crippen molar-refractivity contribution in [2.75, 3.05) is 0 Å². The molecule has 3 nitrogen and oxygen atoms in total. The van der Waals surface area contributed by atoms with Crippen molar-refractivity contribution < 1.29 is 24.5 Å². The van der Waals surface area contributed by atoms with Gasteiger partial charge < -0.3 is 15.0 Å². The van der Waals surface area contributed by atoms with Crippen LogP contribution in [0.5, 0.6) is 0 Å². The fourth-order valence-corrected chi connectivity index (χ4v) is 8.62. The van der Waals surface area contributed by atoms with Crippen molar-refractivity contribution in [1.82, 2.24) is 15.0 Å². The van der Waals surface area contributed by atoms with Gasteiger partial charge in [0.1, 0.15) is 0 Å². The number of fused-ring (bicyclic) bond motifs is 3. The van der Waals surface area contributed by atoms with Crippen LogP contribution >= 0.6 is 11.3 Å². The van der Waals surface area contributed by atoms with Gasteiger partial charge in [-0.25, -0.2) is 0 Å². The molecule has 0 unspecified atom stereocenters. The Morgan fingerprint density at radius 2 is 1.11 bits per heavy atom. The number of hydrogen-bond acceptors (Lipinski definition) is 4. The molecule has 0 radical (unpaired) electrons. The zero-order chi connectivity index (χ0) is 40.5. The molecule has 6 aromatic carbocycles. The maximum atomic E-state index is 13.2. The minimum absolute atomic E-state index is 0. The largest absolute Gasteiger partial charge is 3.00 e. The second-order valence-electron chi connectivity index (χ2n) is 14.6. The first-order valence-corrected chi connectivity index (χ1v) is 20.9. The van der Waals surface area contributed by atoms with E-state index in [4.69, 9.17) is 0 Å². The van der Waals surface area contributed by atoms with Gasteiger partial charge in [-0.1, -0.05) is 115 Å². The van der Waals surface area contributed by atoms with Crippen LogP contribution in [0.2, 0.25) is 0 Å². The zero-order valence-electron chi connectivity index (χ0n) is 33.2. The van der Waals surface area contributed by atoms with Crippen LogP contribution in [0.15, 0.2) is 188 Å². The molecular formula is C55H39FIrN3S. The number of halogens is 1. The van der Waals surface area contributed by atoms with Crippen LogP contribution in [0.1, 0.15) is 22.3 Å². The second-order valence-corrected chi connectivity index (χ2v) is 15.7. The van der Waals surface area contributed by atoms with Crippen molar-refractivity contribution in [1.29, 1.82) is 0 Å². The van der Waals surface area contributed by atoms with Crippen molar-refractivity contribution in [3.63, 3.8) is 0 Å². The van der Waals surface area contributed by atoms with Gasteiger partial charge in [-0.3, -0.25) is 4.39 Å². The van der Waals surface area contributed by atoms with Crippen LogP contribution in [0.25, 0.3) is 65.1 Å². The summed E-state index contributed by atoms with van der Waals surface area (Å²) in [6.45, 7) is 0. The molecule has 0 amide bonds. The molecule has 0 saturated heterocycles.